The van der Waals surface area contributed by atoms with E-state index in [0.717, 1.165) is 19.4 Å². The molecular weight excluding hydrogens is 366 g/mol. The Kier molecular flexibility index (Phi) is 6.20. The number of nitrogens with zero attached hydrogens (tertiary/aromatic N) is 4. The van der Waals surface area contributed by atoms with Gasteiger partial charge in [-0.15, -0.1) is 10.2 Å². The molecule has 146 valence electrons. The second-order valence-corrected chi connectivity index (χ2v) is 8.10. The van der Waals surface area contributed by atoms with E-state index in [1.165, 1.54) is 11.8 Å². The van der Waals surface area contributed by atoms with Gasteiger partial charge in [0.05, 0.1) is 17.9 Å². The largest absolute Gasteiger partial charge is 0.461 e. The molecule has 3 heterocycles. The third-order valence-corrected chi connectivity index (χ3v) is 5.46. The second-order valence-electron chi connectivity index (χ2n) is 7.16. The van der Waals surface area contributed by atoms with Gasteiger partial charge in [0.15, 0.2) is 16.7 Å². The van der Waals surface area contributed by atoms with Crippen LogP contribution in [0.3, 0.4) is 0 Å². The second kappa shape index (κ2) is 8.60. The number of likely N-dealkylation sites (tertiary alicyclic amines) is 1. The zero-order valence-corrected chi connectivity index (χ0v) is 16.4. The van der Waals surface area contributed by atoms with E-state index in [9.17, 15) is 9.59 Å². The number of hydrogen-bond donors (Lipinski definition) is 1. The van der Waals surface area contributed by atoms with Gasteiger partial charge < -0.3 is 15.1 Å². The molecule has 1 saturated heterocycles. The molecule has 8 nitrogen and oxygen atoms in total. The smallest absolute Gasteiger partial charge is 0.233 e. The molecular formula is C18H25N5O3S. The number of carbonyl (C=O) groups excluding carboxylic acids is 2. The minimum Gasteiger partial charge on any atom is -0.461 e. The van der Waals surface area contributed by atoms with Crippen LogP contribution in [-0.4, -0.2) is 50.3 Å². The van der Waals surface area contributed by atoms with Crippen LogP contribution in [0.15, 0.2) is 28.0 Å². The molecule has 2 amide bonds. The van der Waals surface area contributed by atoms with E-state index >= 15 is 0 Å². The Morgan fingerprint density at radius 2 is 2.22 bits per heavy atom. The fourth-order valence-electron chi connectivity index (χ4n) is 3.17. The lowest BCUT2D eigenvalue weighted by atomic mass is 9.97. The van der Waals surface area contributed by atoms with Crippen molar-refractivity contribution in [1.29, 1.82) is 0 Å². The molecule has 0 unspecified atom stereocenters. The number of primary amides is 1. The van der Waals surface area contributed by atoms with Crippen LogP contribution in [0.4, 0.5) is 0 Å². The van der Waals surface area contributed by atoms with Crippen molar-refractivity contribution in [2.75, 3.05) is 18.8 Å². The van der Waals surface area contributed by atoms with E-state index in [-0.39, 0.29) is 23.5 Å². The molecule has 2 aromatic heterocycles. The molecule has 9 heteroatoms. The average molecular weight is 391 g/mol. The molecule has 0 spiro atoms. The van der Waals surface area contributed by atoms with Crippen LogP contribution in [0.2, 0.25) is 0 Å². The Morgan fingerprint density at radius 3 is 2.89 bits per heavy atom. The minimum absolute atomic E-state index is 0.00963. The molecule has 1 aliphatic heterocycles. The van der Waals surface area contributed by atoms with Crippen molar-refractivity contribution in [3.8, 4) is 11.6 Å². The Morgan fingerprint density at radius 1 is 1.41 bits per heavy atom. The molecule has 0 radical (unpaired) electrons. The summed E-state index contributed by atoms with van der Waals surface area (Å²) in [5.74, 6) is 1.37. The maximum atomic E-state index is 12.6. The number of amides is 2. The number of nitrogens with two attached hydrogens (primary N) is 1. The maximum absolute atomic E-state index is 12.6. The fourth-order valence-corrected chi connectivity index (χ4v) is 4.02. The number of piperidine rings is 1. The first-order valence-electron chi connectivity index (χ1n) is 9.12. The number of carbonyl (C=O) groups is 2. The van der Waals surface area contributed by atoms with Gasteiger partial charge >= 0.3 is 0 Å². The van der Waals surface area contributed by atoms with Crippen molar-refractivity contribution in [3.05, 3.63) is 18.4 Å². The summed E-state index contributed by atoms with van der Waals surface area (Å²) in [6.07, 6.45) is 3.16. The minimum atomic E-state index is -0.333. The average Bonchev–Trinajstić information content (AvgIpc) is 3.29. The van der Waals surface area contributed by atoms with E-state index in [1.54, 1.807) is 11.2 Å². The van der Waals surface area contributed by atoms with Crippen LogP contribution in [0.1, 0.15) is 26.7 Å². The molecule has 1 atom stereocenters. The summed E-state index contributed by atoms with van der Waals surface area (Å²) < 4.78 is 7.45. The highest BCUT2D eigenvalue weighted by Crippen LogP contribution is 2.26. The third-order valence-electron chi connectivity index (χ3n) is 4.51. The van der Waals surface area contributed by atoms with Crippen LogP contribution in [0.5, 0.6) is 0 Å². The molecule has 0 aliphatic carbocycles. The van der Waals surface area contributed by atoms with Gasteiger partial charge in [-0.25, -0.2) is 0 Å². The number of furan rings is 1. The van der Waals surface area contributed by atoms with Gasteiger partial charge in [0.1, 0.15) is 0 Å². The summed E-state index contributed by atoms with van der Waals surface area (Å²) in [7, 11) is 0. The molecule has 0 aromatic carbocycles. The van der Waals surface area contributed by atoms with Crippen molar-refractivity contribution >= 4 is 23.6 Å². The van der Waals surface area contributed by atoms with Crippen LogP contribution in [0.25, 0.3) is 11.6 Å². The van der Waals surface area contributed by atoms with Crippen LogP contribution in [0, 0.1) is 11.8 Å². The normalized spacial score (nSPS) is 17.4. The van der Waals surface area contributed by atoms with E-state index in [2.05, 4.69) is 24.0 Å². The predicted octanol–water partition coefficient (Wildman–Crippen LogP) is 2.01. The lowest BCUT2D eigenvalue weighted by Gasteiger charge is -2.31. The summed E-state index contributed by atoms with van der Waals surface area (Å²) >= 11 is 1.36. The van der Waals surface area contributed by atoms with Gasteiger partial charge in [-0.3, -0.25) is 14.2 Å². The highest BCUT2D eigenvalue weighted by atomic mass is 32.2. The van der Waals surface area contributed by atoms with Crippen LogP contribution in [-0.2, 0) is 16.1 Å². The summed E-state index contributed by atoms with van der Waals surface area (Å²) in [5.41, 5.74) is 5.40. The molecule has 1 aliphatic rings. The maximum Gasteiger partial charge on any atom is 0.233 e. The lowest BCUT2D eigenvalue weighted by molar-refractivity contribution is -0.132. The molecule has 0 saturated carbocycles. The van der Waals surface area contributed by atoms with Crippen molar-refractivity contribution in [1.82, 2.24) is 19.7 Å². The van der Waals surface area contributed by atoms with Gasteiger partial charge in [-0.1, -0.05) is 25.6 Å². The molecule has 2 aromatic rings. The third kappa shape index (κ3) is 4.71. The summed E-state index contributed by atoms with van der Waals surface area (Å²) in [4.78, 5) is 25.7. The first-order valence-corrected chi connectivity index (χ1v) is 10.1. The summed E-state index contributed by atoms with van der Waals surface area (Å²) in [6, 6.07) is 3.66. The van der Waals surface area contributed by atoms with Crippen molar-refractivity contribution in [2.24, 2.45) is 17.6 Å². The Labute approximate surface area is 162 Å². The number of aromatic nitrogens is 3. The number of hydrogen-bond acceptors (Lipinski definition) is 6. The van der Waals surface area contributed by atoms with Crippen molar-refractivity contribution in [2.45, 2.75) is 38.4 Å². The number of rotatable bonds is 7. The Hall–Kier alpha value is -2.29. The van der Waals surface area contributed by atoms with Gasteiger partial charge in [-0.2, -0.15) is 0 Å². The van der Waals surface area contributed by atoms with Gasteiger partial charge in [-0.05, 0) is 30.9 Å². The predicted molar refractivity (Wildman–Crippen MR) is 102 cm³/mol. The van der Waals surface area contributed by atoms with Crippen LogP contribution >= 0.6 is 11.8 Å². The van der Waals surface area contributed by atoms with Crippen LogP contribution < -0.4 is 5.73 Å². The van der Waals surface area contributed by atoms with Gasteiger partial charge in [0, 0.05) is 19.6 Å². The first-order chi connectivity index (χ1) is 13.0. The fraction of sp³-hybridized carbons (Fsp3) is 0.556. The van der Waals surface area contributed by atoms with Crippen molar-refractivity contribution < 1.29 is 14.0 Å². The van der Waals surface area contributed by atoms with E-state index < -0.39 is 0 Å². The standard InChI is InChI=1S/C18H25N5O3S/c1-12(2)9-23-17(14-6-4-8-26-14)20-21-18(23)27-11-15(24)22-7-3-5-13(10-22)16(19)25/h4,6,8,12-13H,3,5,7,9-11H2,1-2H3,(H2,19,25)/t13-/m0/s1. The zero-order valence-electron chi connectivity index (χ0n) is 15.6. The molecule has 27 heavy (non-hydrogen) atoms. The summed E-state index contributed by atoms with van der Waals surface area (Å²) in [5, 5.41) is 9.19. The topological polar surface area (TPSA) is 107 Å². The summed E-state index contributed by atoms with van der Waals surface area (Å²) in [6.45, 7) is 6.03. The molecule has 1 fully saturated rings. The highest BCUT2D eigenvalue weighted by Gasteiger charge is 2.27. The molecule has 2 N–H and O–H groups in total. The lowest BCUT2D eigenvalue weighted by Crippen LogP contribution is -2.44. The molecule has 3 rings (SSSR count). The van der Waals surface area contributed by atoms with Gasteiger partial charge in [0.25, 0.3) is 0 Å². The Balaban J connectivity index is 1.68. The van der Waals surface area contributed by atoms with E-state index in [0.29, 0.717) is 35.7 Å². The SMILES string of the molecule is CC(C)Cn1c(SCC(=O)N2CCC[C@H](C(N)=O)C2)nnc1-c1ccco1. The quantitative estimate of drug-likeness (QED) is 0.724. The van der Waals surface area contributed by atoms with E-state index in [1.807, 2.05) is 16.7 Å². The first kappa shape index (κ1) is 19.5. The van der Waals surface area contributed by atoms with E-state index in [4.69, 9.17) is 10.2 Å². The zero-order chi connectivity index (χ0) is 19.4. The van der Waals surface area contributed by atoms with Crippen molar-refractivity contribution in [3.63, 3.8) is 0 Å². The molecule has 0 bridgehead atoms. The highest BCUT2D eigenvalue weighted by molar-refractivity contribution is 7.99. The van der Waals surface area contributed by atoms with Gasteiger partial charge in [0.2, 0.25) is 11.8 Å². The Bertz CT molecular complexity index is 787. The number of thioether (sulfide) groups is 1. The monoisotopic (exact) mass is 391 g/mol.